The molecule has 0 amide bonds. The van der Waals surface area contributed by atoms with Gasteiger partial charge in [0.1, 0.15) is 17.5 Å². The lowest BCUT2D eigenvalue weighted by atomic mass is 10.2. The van der Waals surface area contributed by atoms with Gasteiger partial charge < -0.3 is 15.0 Å². The Kier molecular flexibility index (Phi) is 5.79. The SMILES string of the molecule is CCCNc1nc(CCC)nc(N2CCOCC2C)c1C. The molecule has 5 heteroatoms. The first-order chi connectivity index (χ1) is 10.2. The summed E-state index contributed by atoms with van der Waals surface area (Å²) in [6.45, 7) is 12.0. The Morgan fingerprint density at radius 1 is 1.29 bits per heavy atom. The van der Waals surface area contributed by atoms with Crippen LogP contribution in [0.1, 0.15) is 45.0 Å². The summed E-state index contributed by atoms with van der Waals surface area (Å²) in [5.74, 6) is 3.00. The first-order valence-electron chi connectivity index (χ1n) is 8.13. The summed E-state index contributed by atoms with van der Waals surface area (Å²) in [6, 6.07) is 0.362. The van der Waals surface area contributed by atoms with E-state index in [-0.39, 0.29) is 0 Å². The Hall–Kier alpha value is -1.36. The average Bonchev–Trinajstić information content (AvgIpc) is 2.48. The summed E-state index contributed by atoms with van der Waals surface area (Å²) in [5.41, 5.74) is 1.15. The van der Waals surface area contributed by atoms with Gasteiger partial charge in [0.25, 0.3) is 0 Å². The van der Waals surface area contributed by atoms with Gasteiger partial charge in [0.05, 0.1) is 19.3 Å². The Morgan fingerprint density at radius 2 is 2.10 bits per heavy atom. The molecule has 5 nitrogen and oxygen atoms in total. The maximum Gasteiger partial charge on any atom is 0.137 e. The van der Waals surface area contributed by atoms with Crippen molar-refractivity contribution >= 4 is 11.6 Å². The molecule has 21 heavy (non-hydrogen) atoms. The van der Waals surface area contributed by atoms with Crippen molar-refractivity contribution in [2.45, 2.75) is 53.0 Å². The molecule has 118 valence electrons. The standard InChI is InChI=1S/C16H28N4O/c1-5-7-14-18-15(17-8-6-2)13(4)16(19-14)20-9-10-21-11-12(20)3/h12H,5-11H2,1-4H3,(H,17,18,19). The van der Waals surface area contributed by atoms with Gasteiger partial charge in [-0.15, -0.1) is 0 Å². The minimum absolute atomic E-state index is 0.362. The van der Waals surface area contributed by atoms with Crippen LogP contribution in [0.2, 0.25) is 0 Å². The summed E-state index contributed by atoms with van der Waals surface area (Å²) >= 11 is 0. The van der Waals surface area contributed by atoms with Crippen molar-refractivity contribution in [2.24, 2.45) is 0 Å². The van der Waals surface area contributed by atoms with E-state index in [9.17, 15) is 0 Å². The van der Waals surface area contributed by atoms with Crippen molar-refractivity contribution < 1.29 is 4.74 Å². The van der Waals surface area contributed by atoms with Gasteiger partial charge in [0.15, 0.2) is 0 Å². The Morgan fingerprint density at radius 3 is 2.76 bits per heavy atom. The van der Waals surface area contributed by atoms with Gasteiger partial charge in [-0.3, -0.25) is 0 Å². The third-order valence-corrected chi connectivity index (χ3v) is 3.82. The molecule has 1 aromatic heterocycles. The van der Waals surface area contributed by atoms with Gasteiger partial charge in [-0.2, -0.15) is 0 Å². The second-order valence-corrected chi connectivity index (χ2v) is 5.73. The minimum atomic E-state index is 0.362. The highest BCUT2D eigenvalue weighted by molar-refractivity contribution is 5.59. The monoisotopic (exact) mass is 292 g/mol. The number of aromatic nitrogens is 2. The van der Waals surface area contributed by atoms with Gasteiger partial charge in [-0.1, -0.05) is 13.8 Å². The Labute approximate surface area is 128 Å². The molecule has 1 aromatic rings. The second kappa shape index (κ2) is 7.59. The van der Waals surface area contributed by atoms with Crippen molar-refractivity contribution in [3.8, 4) is 0 Å². The number of hydrogen-bond donors (Lipinski definition) is 1. The normalized spacial score (nSPS) is 18.9. The number of nitrogens with one attached hydrogen (secondary N) is 1. The van der Waals surface area contributed by atoms with Crippen molar-refractivity contribution in [1.29, 1.82) is 0 Å². The molecule has 0 radical (unpaired) electrons. The molecule has 2 rings (SSSR count). The first-order valence-corrected chi connectivity index (χ1v) is 8.13. The number of anilines is 2. The fourth-order valence-corrected chi connectivity index (χ4v) is 2.62. The molecule has 1 atom stereocenters. The van der Waals surface area contributed by atoms with Crippen LogP contribution in [0.25, 0.3) is 0 Å². The van der Waals surface area contributed by atoms with E-state index in [4.69, 9.17) is 14.7 Å². The summed E-state index contributed by atoms with van der Waals surface area (Å²) in [5, 5.41) is 3.45. The Balaban J connectivity index is 2.34. The molecular weight excluding hydrogens is 264 g/mol. The van der Waals surface area contributed by atoms with Crippen LogP contribution in [0, 0.1) is 6.92 Å². The maximum atomic E-state index is 5.55. The molecule has 0 aliphatic carbocycles. The average molecular weight is 292 g/mol. The van der Waals surface area contributed by atoms with Gasteiger partial charge in [-0.25, -0.2) is 9.97 Å². The number of aryl methyl sites for hydroxylation is 1. The molecule has 1 saturated heterocycles. The zero-order chi connectivity index (χ0) is 15.2. The van der Waals surface area contributed by atoms with Crippen LogP contribution >= 0.6 is 0 Å². The second-order valence-electron chi connectivity index (χ2n) is 5.73. The van der Waals surface area contributed by atoms with Crippen LogP contribution in [-0.4, -0.2) is 42.3 Å². The van der Waals surface area contributed by atoms with E-state index in [0.717, 1.165) is 68.6 Å². The molecule has 1 fully saturated rings. The maximum absolute atomic E-state index is 5.55. The van der Waals surface area contributed by atoms with Crippen LogP contribution in [0.5, 0.6) is 0 Å². The predicted octanol–water partition coefficient (Wildman–Crippen LogP) is 2.78. The van der Waals surface area contributed by atoms with Crippen molar-refractivity contribution in [1.82, 2.24) is 9.97 Å². The molecule has 0 bridgehead atoms. The zero-order valence-electron chi connectivity index (χ0n) is 13.8. The largest absolute Gasteiger partial charge is 0.377 e. The van der Waals surface area contributed by atoms with E-state index >= 15 is 0 Å². The van der Waals surface area contributed by atoms with E-state index in [1.807, 2.05) is 0 Å². The highest BCUT2D eigenvalue weighted by Crippen LogP contribution is 2.26. The smallest absolute Gasteiger partial charge is 0.137 e. The summed E-state index contributed by atoms with van der Waals surface area (Å²) in [7, 11) is 0. The van der Waals surface area contributed by atoms with Crippen LogP contribution in [0.3, 0.4) is 0 Å². The van der Waals surface area contributed by atoms with Gasteiger partial charge in [-0.05, 0) is 26.7 Å². The number of nitrogens with zero attached hydrogens (tertiary/aromatic N) is 3. The molecule has 1 N–H and O–H groups in total. The van der Waals surface area contributed by atoms with Gasteiger partial charge >= 0.3 is 0 Å². The van der Waals surface area contributed by atoms with E-state index in [2.05, 4.69) is 37.9 Å². The lowest BCUT2D eigenvalue weighted by Gasteiger charge is -2.35. The van der Waals surface area contributed by atoms with Crippen LogP contribution < -0.4 is 10.2 Å². The molecule has 1 aliphatic heterocycles. The number of rotatable bonds is 6. The highest BCUT2D eigenvalue weighted by Gasteiger charge is 2.23. The van der Waals surface area contributed by atoms with E-state index in [1.165, 1.54) is 0 Å². The van der Waals surface area contributed by atoms with Gasteiger partial charge in [0.2, 0.25) is 0 Å². The van der Waals surface area contributed by atoms with Crippen LogP contribution in [0.4, 0.5) is 11.6 Å². The topological polar surface area (TPSA) is 50.3 Å². The molecule has 0 saturated carbocycles. The van der Waals surface area contributed by atoms with Crippen molar-refractivity contribution in [2.75, 3.05) is 36.5 Å². The summed E-state index contributed by atoms with van der Waals surface area (Å²) in [6.07, 6.45) is 3.08. The molecule has 0 spiro atoms. The zero-order valence-corrected chi connectivity index (χ0v) is 13.8. The fourth-order valence-electron chi connectivity index (χ4n) is 2.62. The van der Waals surface area contributed by atoms with E-state index in [0.29, 0.717) is 6.04 Å². The van der Waals surface area contributed by atoms with Gasteiger partial charge in [0, 0.05) is 25.1 Å². The molecular formula is C16H28N4O. The minimum Gasteiger partial charge on any atom is -0.377 e. The summed E-state index contributed by atoms with van der Waals surface area (Å²) < 4.78 is 5.55. The van der Waals surface area contributed by atoms with Crippen molar-refractivity contribution in [3.05, 3.63) is 11.4 Å². The molecule has 1 aliphatic rings. The number of morpholine rings is 1. The van der Waals surface area contributed by atoms with E-state index in [1.54, 1.807) is 0 Å². The first kappa shape index (κ1) is 16.0. The quantitative estimate of drug-likeness (QED) is 0.873. The highest BCUT2D eigenvalue weighted by atomic mass is 16.5. The Bertz CT molecular complexity index is 464. The molecule has 1 unspecified atom stereocenters. The van der Waals surface area contributed by atoms with Crippen LogP contribution in [-0.2, 0) is 11.2 Å². The molecule has 0 aromatic carbocycles. The third kappa shape index (κ3) is 3.84. The number of ether oxygens (including phenoxy) is 1. The predicted molar refractivity (Wildman–Crippen MR) is 87.2 cm³/mol. The molecule has 2 heterocycles. The van der Waals surface area contributed by atoms with Crippen LogP contribution in [0.15, 0.2) is 0 Å². The van der Waals surface area contributed by atoms with E-state index < -0.39 is 0 Å². The summed E-state index contributed by atoms with van der Waals surface area (Å²) in [4.78, 5) is 11.9. The number of hydrogen-bond acceptors (Lipinski definition) is 5. The lowest BCUT2D eigenvalue weighted by molar-refractivity contribution is 0.0984. The third-order valence-electron chi connectivity index (χ3n) is 3.82. The fraction of sp³-hybridized carbons (Fsp3) is 0.750. The lowest BCUT2D eigenvalue weighted by Crippen LogP contribution is -2.44. The van der Waals surface area contributed by atoms with Crippen molar-refractivity contribution in [3.63, 3.8) is 0 Å².